The lowest BCUT2D eigenvalue weighted by molar-refractivity contribution is 0.234. The Morgan fingerprint density at radius 1 is 1.10 bits per heavy atom. The quantitative estimate of drug-likeness (QED) is 0.798. The molecular weight excluding hydrogens is 272 g/mol. The van der Waals surface area contributed by atoms with Gasteiger partial charge in [0.1, 0.15) is 5.82 Å². The standard InChI is InChI=1S/C15H23ClN4/c16-13-4-3-6-19(12-13)9-5-14-10-18-15(11-17-14)20-7-1-2-8-20/h10-11,13H,1-9,12H2/t13-/m1/s1. The topological polar surface area (TPSA) is 32.3 Å². The van der Waals surface area contributed by atoms with E-state index in [1.165, 1.54) is 25.8 Å². The maximum atomic E-state index is 6.21. The van der Waals surface area contributed by atoms with Crippen LogP contribution >= 0.6 is 11.6 Å². The Hall–Kier alpha value is -0.870. The number of piperidine rings is 1. The van der Waals surface area contributed by atoms with Crippen LogP contribution < -0.4 is 4.90 Å². The number of alkyl halides is 1. The summed E-state index contributed by atoms with van der Waals surface area (Å²) in [4.78, 5) is 13.9. The number of likely N-dealkylation sites (tertiary alicyclic amines) is 1. The number of hydrogen-bond acceptors (Lipinski definition) is 4. The predicted octanol–water partition coefficient (Wildman–Crippen LogP) is 2.32. The van der Waals surface area contributed by atoms with E-state index in [2.05, 4.69) is 19.8 Å². The number of hydrogen-bond donors (Lipinski definition) is 0. The summed E-state index contributed by atoms with van der Waals surface area (Å²) in [5, 5.41) is 0.326. The number of nitrogens with zero attached hydrogens (tertiary/aromatic N) is 4. The van der Waals surface area contributed by atoms with Crippen molar-refractivity contribution < 1.29 is 0 Å². The molecule has 3 heterocycles. The normalized spacial score (nSPS) is 24.2. The van der Waals surface area contributed by atoms with E-state index >= 15 is 0 Å². The fourth-order valence-corrected chi connectivity index (χ4v) is 3.41. The van der Waals surface area contributed by atoms with Crippen molar-refractivity contribution in [3.63, 3.8) is 0 Å². The summed E-state index contributed by atoms with van der Waals surface area (Å²) in [6.45, 7) is 5.47. The van der Waals surface area contributed by atoms with Gasteiger partial charge in [-0.25, -0.2) is 4.98 Å². The van der Waals surface area contributed by atoms with Gasteiger partial charge in [0.15, 0.2) is 0 Å². The van der Waals surface area contributed by atoms with Crippen LogP contribution in [0.1, 0.15) is 31.4 Å². The van der Waals surface area contributed by atoms with E-state index in [0.29, 0.717) is 5.38 Å². The average Bonchev–Trinajstić information content (AvgIpc) is 3.00. The highest BCUT2D eigenvalue weighted by Gasteiger charge is 2.18. The van der Waals surface area contributed by atoms with Gasteiger partial charge < -0.3 is 9.80 Å². The summed E-state index contributed by atoms with van der Waals surface area (Å²) in [7, 11) is 0. The van der Waals surface area contributed by atoms with E-state index in [0.717, 1.165) is 50.5 Å². The second-order valence-corrected chi connectivity index (χ2v) is 6.47. The number of aromatic nitrogens is 2. The molecule has 2 aliphatic heterocycles. The minimum atomic E-state index is 0.326. The molecule has 5 heteroatoms. The first-order valence-electron chi connectivity index (χ1n) is 7.73. The molecule has 0 unspecified atom stereocenters. The van der Waals surface area contributed by atoms with Gasteiger partial charge in [-0.15, -0.1) is 11.6 Å². The summed E-state index contributed by atoms with van der Waals surface area (Å²) >= 11 is 6.21. The highest BCUT2D eigenvalue weighted by molar-refractivity contribution is 6.20. The molecule has 2 saturated heterocycles. The molecule has 1 aromatic rings. The highest BCUT2D eigenvalue weighted by atomic mass is 35.5. The Bertz CT molecular complexity index is 416. The number of anilines is 1. The third-order valence-electron chi connectivity index (χ3n) is 4.25. The molecule has 0 spiro atoms. The lowest BCUT2D eigenvalue weighted by Gasteiger charge is -2.29. The molecule has 0 bridgehead atoms. The fourth-order valence-electron chi connectivity index (χ4n) is 3.06. The Labute approximate surface area is 126 Å². The van der Waals surface area contributed by atoms with Crippen LogP contribution in [0, 0.1) is 0 Å². The third-order valence-corrected chi connectivity index (χ3v) is 4.61. The second-order valence-electron chi connectivity index (χ2n) is 5.85. The maximum Gasteiger partial charge on any atom is 0.147 e. The van der Waals surface area contributed by atoms with Crippen LogP contribution in [0.15, 0.2) is 12.4 Å². The fraction of sp³-hybridized carbons (Fsp3) is 0.733. The van der Waals surface area contributed by atoms with Crippen LogP contribution in [0.5, 0.6) is 0 Å². The van der Waals surface area contributed by atoms with E-state index in [-0.39, 0.29) is 0 Å². The predicted molar refractivity (Wildman–Crippen MR) is 82.5 cm³/mol. The molecule has 4 nitrogen and oxygen atoms in total. The SMILES string of the molecule is Cl[C@@H]1CCCN(CCc2cnc(N3CCCC3)cn2)C1. The first kappa shape index (κ1) is 14.1. The van der Waals surface area contributed by atoms with Crippen LogP contribution in [-0.4, -0.2) is 53.0 Å². The molecule has 0 aromatic carbocycles. The first-order valence-corrected chi connectivity index (χ1v) is 8.17. The van der Waals surface area contributed by atoms with E-state index < -0.39 is 0 Å². The molecule has 0 saturated carbocycles. The molecule has 1 aromatic heterocycles. The number of halogens is 1. The van der Waals surface area contributed by atoms with Crippen molar-refractivity contribution >= 4 is 17.4 Å². The van der Waals surface area contributed by atoms with Gasteiger partial charge in [0.05, 0.1) is 18.1 Å². The largest absolute Gasteiger partial charge is 0.355 e. The summed E-state index contributed by atoms with van der Waals surface area (Å²) in [5.41, 5.74) is 1.09. The Balaban J connectivity index is 1.50. The highest BCUT2D eigenvalue weighted by Crippen LogP contribution is 2.17. The van der Waals surface area contributed by atoms with Crippen molar-refractivity contribution in [2.75, 3.05) is 37.6 Å². The van der Waals surface area contributed by atoms with E-state index in [9.17, 15) is 0 Å². The van der Waals surface area contributed by atoms with Gasteiger partial charge in [0.2, 0.25) is 0 Å². The zero-order valence-corrected chi connectivity index (χ0v) is 12.7. The van der Waals surface area contributed by atoms with Crippen LogP contribution in [0.25, 0.3) is 0 Å². The van der Waals surface area contributed by atoms with Crippen LogP contribution in [-0.2, 0) is 6.42 Å². The molecule has 1 atom stereocenters. The van der Waals surface area contributed by atoms with Gasteiger partial charge in [-0.05, 0) is 32.2 Å². The smallest absolute Gasteiger partial charge is 0.147 e. The van der Waals surface area contributed by atoms with Gasteiger partial charge in [-0.2, -0.15) is 0 Å². The Morgan fingerprint density at radius 2 is 1.95 bits per heavy atom. The molecule has 0 amide bonds. The van der Waals surface area contributed by atoms with Crippen molar-refractivity contribution in [1.29, 1.82) is 0 Å². The second kappa shape index (κ2) is 6.72. The zero-order chi connectivity index (χ0) is 13.8. The average molecular weight is 295 g/mol. The molecule has 2 fully saturated rings. The van der Waals surface area contributed by atoms with Gasteiger partial charge in [0, 0.05) is 38.0 Å². The van der Waals surface area contributed by atoms with E-state index in [4.69, 9.17) is 11.6 Å². The van der Waals surface area contributed by atoms with Crippen LogP contribution in [0.4, 0.5) is 5.82 Å². The summed E-state index contributed by atoms with van der Waals surface area (Å²) in [6.07, 6.45) is 9.76. The van der Waals surface area contributed by atoms with Gasteiger partial charge in [0.25, 0.3) is 0 Å². The van der Waals surface area contributed by atoms with Crippen molar-refractivity contribution in [3.05, 3.63) is 18.1 Å². The Morgan fingerprint density at radius 3 is 2.65 bits per heavy atom. The minimum Gasteiger partial charge on any atom is -0.355 e. The van der Waals surface area contributed by atoms with Gasteiger partial charge in [-0.1, -0.05) is 0 Å². The molecule has 0 radical (unpaired) electrons. The van der Waals surface area contributed by atoms with Gasteiger partial charge in [-0.3, -0.25) is 4.98 Å². The van der Waals surface area contributed by atoms with E-state index in [1.54, 1.807) is 0 Å². The van der Waals surface area contributed by atoms with Crippen LogP contribution in [0.2, 0.25) is 0 Å². The van der Waals surface area contributed by atoms with Gasteiger partial charge >= 0.3 is 0 Å². The van der Waals surface area contributed by atoms with Crippen molar-refractivity contribution in [3.8, 4) is 0 Å². The molecule has 110 valence electrons. The zero-order valence-electron chi connectivity index (χ0n) is 12.0. The molecule has 0 aliphatic carbocycles. The first-order chi connectivity index (χ1) is 9.81. The Kier molecular flexibility index (Phi) is 4.73. The summed E-state index contributed by atoms with van der Waals surface area (Å²) in [6, 6.07) is 0. The molecule has 2 aliphatic rings. The molecule has 20 heavy (non-hydrogen) atoms. The minimum absolute atomic E-state index is 0.326. The van der Waals surface area contributed by atoms with Crippen molar-refractivity contribution in [2.24, 2.45) is 0 Å². The monoisotopic (exact) mass is 294 g/mol. The summed E-state index contributed by atoms with van der Waals surface area (Å²) < 4.78 is 0. The lowest BCUT2D eigenvalue weighted by atomic mass is 10.1. The van der Waals surface area contributed by atoms with Crippen molar-refractivity contribution in [1.82, 2.24) is 14.9 Å². The van der Waals surface area contributed by atoms with Crippen molar-refractivity contribution in [2.45, 2.75) is 37.5 Å². The third kappa shape index (κ3) is 3.61. The lowest BCUT2D eigenvalue weighted by Crippen LogP contribution is -2.37. The molecule has 0 N–H and O–H groups in total. The molecule has 3 rings (SSSR count). The van der Waals surface area contributed by atoms with Crippen LogP contribution in [0.3, 0.4) is 0 Å². The molecular formula is C15H23ClN4. The summed E-state index contributed by atoms with van der Waals surface area (Å²) in [5.74, 6) is 1.03. The maximum absolute atomic E-state index is 6.21. The number of rotatable bonds is 4. The van der Waals surface area contributed by atoms with E-state index in [1.807, 2.05) is 12.4 Å².